The number of rotatable bonds is 9. The first-order valence-electron chi connectivity index (χ1n) is 12.9. The lowest BCUT2D eigenvalue weighted by molar-refractivity contribution is -0.133. The van der Waals surface area contributed by atoms with Crippen molar-refractivity contribution in [3.63, 3.8) is 0 Å². The van der Waals surface area contributed by atoms with Crippen molar-refractivity contribution < 1.29 is 18.7 Å². The molecule has 0 saturated heterocycles. The normalized spacial score (nSPS) is 16.7. The number of imide groups is 1. The van der Waals surface area contributed by atoms with E-state index in [-0.39, 0.29) is 24.2 Å². The van der Waals surface area contributed by atoms with Crippen molar-refractivity contribution in [2.24, 2.45) is 0 Å². The molecule has 9 nitrogen and oxygen atoms in total. The van der Waals surface area contributed by atoms with Crippen LogP contribution in [-0.4, -0.2) is 63.9 Å². The van der Waals surface area contributed by atoms with Gasteiger partial charge >= 0.3 is 0 Å². The lowest BCUT2D eigenvalue weighted by atomic mass is 9.80. The summed E-state index contributed by atoms with van der Waals surface area (Å²) >= 11 is 0. The number of carbonyl (C=O) groups excluding carboxylic acids is 2. The van der Waals surface area contributed by atoms with E-state index in [1.807, 2.05) is 42.9 Å². The second-order valence-corrected chi connectivity index (χ2v) is 10.3. The highest BCUT2D eigenvalue weighted by Gasteiger charge is 2.60. The Morgan fingerprint density at radius 2 is 1.97 bits per heavy atom. The van der Waals surface area contributed by atoms with E-state index in [9.17, 15) is 14.0 Å². The Morgan fingerprint density at radius 3 is 2.63 bits per heavy atom. The monoisotopic (exact) mass is 520 g/mol. The van der Waals surface area contributed by atoms with Gasteiger partial charge in [-0.2, -0.15) is 0 Å². The average molecular weight is 521 g/mol. The zero-order chi connectivity index (χ0) is 27.2. The van der Waals surface area contributed by atoms with Gasteiger partial charge in [0, 0.05) is 37.6 Å². The molecule has 1 aliphatic heterocycles. The summed E-state index contributed by atoms with van der Waals surface area (Å²) < 4.78 is 21.6. The molecule has 2 aromatic heterocycles. The average Bonchev–Trinajstić information content (AvgIpc) is 3.55. The third kappa shape index (κ3) is 4.32. The summed E-state index contributed by atoms with van der Waals surface area (Å²) in [5, 5.41) is 3.08. The van der Waals surface area contributed by atoms with Crippen LogP contribution < -0.4 is 10.1 Å². The fraction of sp³-hybridized carbons (Fsp3) is 0.429. The molecule has 1 atom stereocenters. The van der Waals surface area contributed by atoms with E-state index in [4.69, 9.17) is 4.74 Å². The molecule has 1 aromatic carbocycles. The minimum atomic E-state index is -0.727. The number of carbonyl (C=O) groups is 2. The molecule has 0 bridgehead atoms. The molecule has 1 aliphatic carbocycles. The van der Waals surface area contributed by atoms with Crippen LogP contribution in [0.25, 0.3) is 0 Å². The van der Waals surface area contributed by atoms with Gasteiger partial charge in [-0.05, 0) is 63.5 Å². The van der Waals surface area contributed by atoms with Crippen molar-refractivity contribution in [2.45, 2.75) is 51.2 Å². The number of benzene rings is 1. The molecule has 1 saturated carbocycles. The summed E-state index contributed by atoms with van der Waals surface area (Å²) in [7, 11) is 5.77. The number of nitrogens with zero attached hydrogens (tertiary/aromatic N) is 5. The molecule has 1 spiro atoms. The SMILES string of the molecule is CCOc1cc(C(C)N2C(=O)c3cc(Cn4ccnc4NC)cc(CN(C)C)c3C3(CC3)C2=O)ncc1F. The fourth-order valence-corrected chi connectivity index (χ4v) is 5.48. The minimum absolute atomic E-state index is 0.0546. The number of pyridine rings is 1. The van der Waals surface area contributed by atoms with Crippen molar-refractivity contribution in [1.82, 2.24) is 24.3 Å². The van der Waals surface area contributed by atoms with Crippen LogP contribution in [0.4, 0.5) is 10.3 Å². The second-order valence-electron chi connectivity index (χ2n) is 10.3. The Bertz CT molecular complexity index is 1400. The standard InChI is InChI=1S/C28H33FN6O3/c1-6-38-23-13-22(32-14-21(23)29)17(2)35-25(36)20-12-18(15-34-10-9-31-27(34)30-3)11-19(16-33(4)5)24(20)28(7-8-28)26(35)37/h9-14,17H,6-8,15-16H2,1-5H3,(H,30,31). The topological polar surface area (TPSA) is 92.6 Å². The van der Waals surface area contributed by atoms with Crippen molar-refractivity contribution in [1.29, 1.82) is 0 Å². The Labute approximate surface area is 221 Å². The van der Waals surface area contributed by atoms with Gasteiger partial charge in [0.05, 0.1) is 36.5 Å². The minimum Gasteiger partial charge on any atom is -0.491 e. The molecule has 0 radical (unpaired) electrons. The van der Waals surface area contributed by atoms with E-state index in [0.29, 0.717) is 37.2 Å². The number of hydrogen-bond donors (Lipinski definition) is 1. The zero-order valence-corrected chi connectivity index (χ0v) is 22.4. The van der Waals surface area contributed by atoms with Crippen LogP contribution in [0, 0.1) is 5.82 Å². The van der Waals surface area contributed by atoms with Gasteiger partial charge < -0.3 is 19.5 Å². The second kappa shape index (κ2) is 9.83. The summed E-state index contributed by atoms with van der Waals surface area (Å²) in [6, 6.07) is 4.80. The number of anilines is 1. The fourth-order valence-electron chi connectivity index (χ4n) is 5.48. The van der Waals surface area contributed by atoms with Gasteiger partial charge in [0.15, 0.2) is 11.6 Å². The number of nitrogens with one attached hydrogen (secondary N) is 1. The molecule has 1 fully saturated rings. The van der Waals surface area contributed by atoms with Gasteiger partial charge in [-0.1, -0.05) is 6.07 Å². The third-order valence-corrected chi connectivity index (χ3v) is 7.32. The van der Waals surface area contributed by atoms with E-state index in [0.717, 1.165) is 28.8 Å². The van der Waals surface area contributed by atoms with Crippen LogP contribution in [0.2, 0.25) is 0 Å². The molecule has 1 unspecified atom stereocenters. The highest BCUT2D eigenvalue weighted by Crippen LogP contribution is 2.56. The first kappa shape index (κ1) is 25.8. The molecule has 200 valence electrons. The molecule has 3 aromatic rings. The van der Waals surface area contributed by atoms with Crippen molar-refractivity contribution in [2.75, 3.05) is 33.1 Å². The largest absolute Gasteiger partial charge is 0.491 e. The van der Waals surface area contributed by atoms with Crippen LogP contribution in [0.1, 0.15) is 65.5 Å². The lowest BCUT2D eigenvalue weighted by Gasteiger charge is -2.38. The number of halogens is 1. The third-order valence-electron chi connectivity index (χ3n) is 7.32. The van der Waals surface area contributed by atoms with Gasteiger partial charge in [0.25, 0.3) is 5.91 Å². The van der Waals surface area contributed by atoms with Crippen molar-refractivity contribution in [3.8, 4) is 5.75 Å². The number of hydrogen-bond acceptors (Lipinski definition) is 7. The molecule has 2 aliphatic rings. The quantitative estimate of drug-likeness (QED) is 0.430. The van der Waals surface area contributed by atoms with Gasteiger partial charge in [-0.3, -0.25) is 19.5 Å². The highest BCUT2D eigenvalue weighted by atomic mass is 19.1. The van der Waals surface area contributed by atoms with Crippen molar-refractivity contribution >= 4 is 17.8 Å². The van der Waals surface area contributed by atoms with E-state index < -0.39 is 17.3 Å². The van der Waals surface area contributed by atoms with Crippen LogP contribution in [0.3, 0.4) is 0 Å². The van der Waals surface area contributed by atoms with Crippen LogP contribution in [-0.2, 0) is 23.3 Å². The first-order chi connectivity index (χ1) is 18.2. The molecule has 3 heterocycles. The molecule has 5 rings (SSSR count). The summed E-state index contributed by atoms with van der Waals surface area (Å²) in [5.41, 5.74) is 2.99. The van der Waals surface area contributed by atoms with E-state index in [1.54, 1.807) is 20.0 Å². The van der Waals surface area contributed by atoms with Crippen LogP contribution in [0.15, 0.2) is 36.8 Å². The Kier molecular flexibility index (Phi) is 6.68. The number of amides is 2. The van der Waals surface area contributed by atoms with E-state index in [1.165, 1.54) is 11.0 Å². The maximum atomic E-state index is 14.2. The Hall–Kier alpha value is -3.79. The summed E-state index contributed by atoms with van der Waals surface area (Å²) in [6.07, 6.45) is 6.05. The van der Waals surface area contributed by atoms with Crippen molar-refractivity contribution in [3.05, 3.63) is 70.6 Å². The van der Waals surface area contributed by atoms with E-state index in [2.05, 4.69) is 21.4 Å². The maximum absolute atomic E-state index is 14.2. The Morgan fingerprint density at radius 1 is 1.21 bits per heavy atom. The summed E-state index contributed by atoms with van der Waals surface area (Å²) in [5.74, 6) is -0.382. The van der Waals surface area contributed by atoms with Crippen LogP contribution in [0.5, 0.6) is 5.75 Å². The van der Waals surface area contributed by atoms with Crippen LogP contribution >= 0.6 is 0 Å². The summed E-state index contributed by atoms with van der Waals surface area (Å²) in [6.45, 7) is 4.93. The molecule has 38 heavy (non-hydrogen) atoms. The van der Waals surface area contributed by atoms with Gasteiger partial charge in [-0.25, -0.2) is 9.37 Å². The molecule has 2 amide bonds. The number of imidazole rings is 1. The number of ether oxygens (including phenoxy) is 1. The number of fused-ring (bicyclic) bond motifs is 2. The smallest absolute Gasteiger partial charge is 0.261 e. The predicted octanol–water partition coefficient (Wildman–Crippen LogP) is 3.74. The maximum Gasteiger partial charge on any atom is 0.261 e. The molecular weight excluding hydrogens is 487 g/mol. The molecule has 1 N–H and O–H groups in total. The molecular formula is C28H33FN6O3. The van der Waals surface area contributed by atoms with Gasteiger partial charge in [0.2, 0.25) is 11.9 Å². The van der Waals surface area contributed by atoms with E-state index >= 15 is 0 Å². The van der Waals surface area contributed by atoms with Gasteiger partial charge in [0.1, 0.15) is 0 Å². The highest BCUT2D eigenvalue weighted by molar-refractivity contribution is 6.15. The first-order valence-corrected chi connectivity index (χ1v) is 12.9. The zero-order valence-electron chi connectivity index (χ0n) is 22.4. The summed E-state index contributed by atoms with van der Waals surface area (Å²) in [4.78, 5) is 39.9. The number of aromatic nitrogens is 3. The Balaban J connectivity index is 1.60. The predicted molar refractivity (Wildman–Crippen MR) is 141 cm³/mol. The lowest BCUT2D eigenvalue weighted by Crippen LogP contribution is -2.50. The van der Waals surface area contributed by atoms with Gasteiger partial charge in [-0.15, -0.1) is 0 Å². The molecule has 10 heteroatoms.